The summed E-state index contributed by atoms with van der Waals surface area (Å²) in [5.74, 6) is 0. The van der Waals surface area contributed by atoms with Gasteiger partial charge in [0.25, 0.3) is 0 Å². The summed E-state index contributed by atoms with van der Waals surface area (Å²) in [6.45, 7) is 0. The molecule has 2 heteroatoms. The van der Waals surface area contributed by atoms with Gasteiger partial charge in [0.1, 0.15) is 0 Å². The van der Waals surface area contributed by atoms with Crippen LogP contribution in [0.5, 0.6) is 0 Å². The minimum Gasteiger partial charge on any atom is -0.289 e. The van der Waals surface area contributed by atoms with Crippen LogP contribution in [0.2, 0.25) is 0 Å². The van der Waals surface area contributed by atoms with Crippen molar-refractivity contribution in [3.05, 3.63) is 40.6 Å². The molecule has 74 valence electrons. The van der Waals surface area contributed by atoms with E-state index in [1.807, 2.05) is 18.2 Å². The number of hydrogen-bond donors (Lipinski definition) is 0. The first-order chi connectivity index (χ1) is 6.86. The minimum atomic E-state index is 0.159. The standard InChI is InChI=1S/C12H14OS/c13-11-8-2-1-3-9-12(11)14-10-6-4-5-7-10/h1-3,8-10H,4-7H2. The molecule has 1 aliphatic rings. The molecule has 0 aliphatic heterocycles. The van der Waals surface area contributed by atoms with Gasteiger partial charge in [-0.15, -0.1) is 11.8 Å². The molecule has 1 aliphatic carbocycles. The maximum atomic E-state index is 11.6. The highest BCUT2D eigenvalue weighted by molar-refractivity contribution is 8.00. The van der Waals surface area contributed by atoms with Crippen molar-refractivity contribution in [3.63, 3.8) is 0 Å². The highest BCUT2D eigenvalue weighted by Gasteiger charge is 2.16. The molecule has 2 rings (SSSR count). The van der Waals surface area contributed by atoms with Crippen molar-refractivity contribution in [3.8, 4) is 0 Å². The van der Waals surface area contributed by atoms with Crippen LogP contribution in [-0.4, -0.2) is 5.25 Å². The fourth-order valence-electron chi connectivity index (χ4n) is 1.80. The summed E-state index contributed by atoms with van der Waals surface area (Å²) in [5, 5.41) is 0.671. The Morgan fingerprint density at radius 3 is 2.57 bits per heavy atom. The first-order valence-electron chi connectivity index (χ1n) is 5.12. The van der Waals surface area contributed by atoms with Gasteiger partial charge < -0.3 is 0 Å². The lowest BCUT2D eigenvalue weighted by atomic mass is 10.4. The van der Waals surface area contributed by atoms with Crippen LogP contribution in [0.4, 0.5) is 0 Å². The van der Waals surface area contributed by atoms with Crippen molar-refractivity contribution in [1.82, 2.24) is 0 Å². The molecule has 0 atom stereocenters. The molecule has 1 fully saturated rings. The molecule has 0 radical (unpaired) electrons. The Morgan fingerprint density at radius 1 is 1.07 bits per heavy atom. The summed E-state index contributed by atoms with van der Waals surface area (Å²) in [6, 6.07) is 9.24. The van der Waals surface area contributed by atoms with Gasteiger partial charge in [-0.1, -0.05) is 31.0 Å². The van der Waals surface area contributed by atoms with Gasteiger partial charge in [0.05, 0.1) is 4.90 Å². The molecule has 1 nitrogen and oxygen atoms in total. The zero-order valence-electron chi connectivity index (χ0n) is 8.11. The van der Waals surface area contributed by atoms with E-state index < -0.39 is 0 Å². The Balaban J connectivity index is 2.16. The fraction of sp³-hybridized carbons (Fsp3) is 0.417. The second-order valence-electron chi connectivity index (χ2n) is 3.66. The van der Waals surface area contributed by atoms with E-state index in [4.69, 9.17) is 0 Å². The lowest BCUT2D eigenvalue weighted by Crippen LogP contribution is -2.02. The Kier molecular flexibility index (Phi) is 3.25. The minimum absolute atomic E-state index is 0.159. The Hall–Kier alpha value is -0.760. The number of thioether (sulfide) groups is 1. The molecular weight excluding hydrogens is 192 g/mol. The summed E-state index contributed by atoms with van der Waals surface area (Å²) >= 11 is 1.76. The third-order valence-corrected chi connectivity index (χ3v) is 3.95. The molecule has 0 aromatic heterocycles. The lowest BCUT2D eigenvalue weighted by molar-refractivity contribution is 0.886. The Bertz CT molecular complexity index is 356. The molecule has 0 heterocycles. The van der Waals surface area contributed by atoms with Crippen LogP contribution in [0, 0.1) is 0 Å². The highest BCUT2D eigenvalue weighted by atomic mass is 32.2. The molecule has 14 heavy (non-hydrogen) atoms. The number of rotatable bonds is 2. The van der Waals surface area contributed by atoms with E-state index in [0.29, 0.717) is 5.25 Å². The summed E-state index contributed by atoms with van der Waals surface area (Å²) < 4.78 is 0. The predicted octanol–water partition coefficient (Wildman–Crippen LogP) is 3.08. The third kappa shape index (κ3) is 2.38. The lowest BCUT2D eigenvalue weighted by Gasteiger charge is -2.05. The SMILES string of the molecule is O=c1cccccc1SC1CCCC1. The van der Waals surface area contributed by atoms with Crippen molar-refractivity contribution in [2.75, 3.05) is 0 Å². The molecule has 1 saturated carbocycles. The molecule has 0 spiro atoms. The summed E-state index contributed by atoms with van der Waals surface area (Å²) in [6.07, 6.45) is 5.18. The van der Waals surface area contributed by atoms with Gasteiger partial charge in [-0.3, -0.25) is 4.79 Å². The molecule has 0 saturated heterocycles. The average molecular weight is 206 g/mol. The zero-order valence-corrected chi connectivity index (χ0v) is 8.93. The molecule has 0 N–H and O–H groups in total. The molecular formula is C12H14OS. The normalized spacial score (nSPS) is 17.1. The molecule has 1 aromatic carbocycles. The topological polar surface area (TPSA) is 17.1 Å². The van der Waals surface area contributed by atoms with Gasteiger partial charge in [0.15, 0.2) is 5.43 Å². The van der Waals surface area contributed by atoms with E-state index in [0.717, 1.165) is 4.90 Å². The predicted molar refractivity (Wildman–Crippen MR) is 60.8 cm³/mol. The van der Waals surface area contributed by atoms with Crippen LogP contribution in [0.3, 0.4) is 0 Å². The molecule has 0 amide bonds. The smallest absolute Gasteiger partial charge is 0.192 e. The van der Waals surface area contributed by atoms with Crippen LogP contribution >= 0.6 is 11.8 Å². The van der Waals surface area contributed by atoms with Gasteiger partial charge in [-0.2, -0.15) is 0 Å². The van der Waals surface area contributed by atoms with Crippen molar-refractivity contribution in [2.45, 2.75) is 35.8 Å². The van der Waals surface area contributed by atoms with Crippen LogP contribution < -0.4 is 5.43 Å². The Labute approximate surface area is 88.5 Å². The summed E-state index contributed by atoms with van der Waals surface area (Å²) in [7, 11) is 0. The number of hydrogen-bond acceptors (Lipinski definition) is 2. The van der Waals surface area contributed by atoms with Crippen molar-refractivity contribution < 1.29 is 0 Å². The Morgan fingerprint density at radius 2 is 1.79 bits per heavy atom. The van der Waals surface area contributed by atoms with Gasteiger partial charge in [0.2, 0.25) is 0 Å². The van der Waals surface area contributed by atoms with Crippen LogP contribution in [0.1, 0.15) is 25.7 Å². The monoisotopic (exact) mass is 206 g/mol. The van der Waals surface area contributed by atoms with E-state index in [9.17, 15) is 4.79 Å². The maximum Gasteiger partial charge on any atom is 0.192 e. The van der Waals surface area contributed by atoms with Crippen LogP contribution in [0.15, 0.2) is 40.0 Å². The van der Waals surface area contributed by atoms with Gasteiger partial charge in [-0.05, 0) is 25.0 Å². The second kappa shape index (κ2) is 4.65. The summed E-state index contributed by atoms with van der Waals surface area (Å²) in [5.41, 5.74) is 0.159. The van der Waals surface area contributed by atoms with Crippen LogP contribution in [-0.2, 0) is 0 Å². The maximum absolute atomic E-state index is 11.6. The molecule has 0 unspecified atom stereocenters. The second-order valence-corrected chi connectivity index (χ2v) is 5.01. The van der Waals surface area contributed by atoms with Gasteiger partial charge in [0, 0.05) is 5.25 Å². The first-order valence-corrected chi connectivity index (χ1v) is 6.00. The first kappa shape index (κ1) is 9.78. The van der Waals surface area contributed by atoms with E-state index in [1.54, 1.807) is 23.9 Å². The van der Waals surface area contributed by atoms with Crippen molar-refractivity contribution in [2.24, 2.45) is 0 Å². The van der Waals surface area contributed by atoms with Crippen molar-refractivity contribution in [1.29, 1.82) is 0 Å². The van der Waals surface area contributed by atoms with E-state index >= 15 is 0 Å². The summed E-state index contributed by atoms with van der Waals surface area (Å²) in [4.78, 5) is 12.5. The zero-order chi connectivity index (χ0) is 9.80. The fourth-order valence-corrected chi connectivity index (χ4v) is 3.07. The van der Waals surface area contributed by atoms with E-state index in [1.165, 1.54) is 25.7 Å². The van der Waals surface area contributed by atoms with E-state index in [2.05, 4.69) is 0 Å². The van der Waals surface area contributed by atoms with Gasteiger partial charge >= 0.3 is 0 Å². The van der Waals surface area contributed by atoms with E-state index in [-0.39, 0.29) is 5.43 Å². The third-order valence-electron chi connectivity index (χ3n) is 2.56. The average Bonchev–Trinajstić information content (AvgIpc) is 2.60. The van der Waals surface area contributed by atoms with Crippen LogP contribution in [0.25, 0.3) is 0 Å². The van der Waals surface area contributed by atoms with Gasteiger partial charge in [-0.25, -0.2) is 0 Å². The highest BCUT2D eigenvalue weighted by Crippen LogP contribution is 2.32. The van der Waals surface area contributed by atoms with Crippen molar-refractivity contribution >= 4 is 11.8 Å². The largest absolute Gasteiger partial charge is 0.289 e. The molecule has 0 bridgehead atoms. The molecule has 1 aromatic rings. The quantitative estimate of drug-likeness (QED) is 0.739.